The Balaban J connectivity index is 3.97. The third-order valence-electron chi connectivity index (χ3n) is 3.14. The van der Waals surface area contributed by atoms with Crippen molar-refractivity contribution in [1.29, 1.82) is 0 Å². The van der Waals surface area contributed by atoms with Gasteiger partial charge in [-0.3, -0.25) is 4.79 Å². The lowest BCUT2D eigenvalue weighted by Gasteiger charge is -2.22. The minimum absolute atomic E-state index is 0.137. The van der Waals surface area contributed by atoms with Crippen LogP contribution in [-0.4, -0.2) is 50.2 Å². The zero-order valence-electron chi connectivity index (χ0n) is 12.5. The number of unbranched alkanes of at least 4 members (excludes halogenated alkanes) is 1. The fraction of sp³-hybridized carbons (Fsp3) is 0.929. The summed E-state index contributed by atoms with van der Waals surface area (Å²) in [5.74, 6) is -0.137. The Morgan fingerprint density at radius 3 is 2.44 bits per heavy atom. The van der Waals surface area contributed by atoms with Crippen molar-refractivity contribution in [1.82, 2.24) is 10.2 Å². The SMILES string of the molecule is CCCCC(NCCN(CC)CCC)C(=O)OC. The number of nitrogens with zero attached hydrogens (tertiary/aromatic N) is 1. The monoisotopic (exact) mass is 258 g/mol. The Kier molecular flexibility index (Phi) is 11.1. The maximum Gasteiger partial charge on any atom is 0.322 e. The second-order valence-electron chi connectivity index (χ2n) is 4.61. The average Bonchev–Trinajstić information content (AvgIpc) is 2.40. The molecule has 1 N–H and O–H groups in total. The van der Waals surface area contributed by atoms with Crippen molar-refractivity contribution in [2.45, 2.75) is 52.5 Å². The maximum absolute atomic E-state index is 11.6. The van der Waals surface area contributed by atoms with Gasteiger partial charge in [0, 0.05) is 13.1 Å². The fourth-order valence-electron chi connectivity index (χ4n) is 1.99. The highest BCUT2D eigenvalue weighted by Crippen LogP contribution is 2.02. The van der Waals surface area contributed by atoms with Crippen molar-refractivity contribution < 1.29 is 9.53 Å². The summed E-state index contributed by atoms with van der Waals surface area (Å²) in [5, 5.41) is 3.31. The predicted octanol–water partition coefficient (Wildman–Crippen LogP) is 2.04. The lowest BCUT2D eigenvalue weighted by atomic mass is 10.1. The minimum atomic E-state index is -0.143. The van der Waals surface area contributed by atoms with Gasteiger partial charge in [-0.25, -0.2) is 0 Å². The van der Waals surface area contributed by atoms with Crippen molar-refractivity contribution in [2.75, 3.05) is 33.3 Å². The van der Waals surface area contributed by atoms with E-state index in [1.807, 2.05) is 0 Å². The highest BCUT2D eigenvalue weighted by atomic mass is 16.5. The number of carbonyl (C=O) groups is 1. The van der Waals surface area contributed by atoms with Gasteiger partial charge < -0.3 is 15.0 Å². The Morgan fingerprint density at radius 1 is 1.22 bits per heavy atom. The third-order valence-corrected chi connectivity index (χ3v) is 3.14. The van der Waals surface area contributed by atoms with E-state index in [0.29, 0.717) is 0 Å². The molecule has 1 atom stereocenters. The average molecular weight is 258 g/mol. The van der Waals surface area contributed by atoms with Crippen LogP contribution in [0.25, 0.3) is 0 Å². The number of carbonyl (C=O) groups excluding carboxylic acids is 1. The summed E-state index contributed by atoms with van der Waals surface area (Å²) in [6.07, 6.45) is 4.19. The molecule has 0 bridgehead atoms. The van der Waals surface area contributed by atoms with Crippen molar-refractivity contribution in [2.24, 2.45) is 0 Å². The van der Waals surface area contributed by atoms with Crippen LogP contribution in [0.5, 0.6) is 0 Å². The highest BCUT2D eigenvalue weighted by molar-refractivity contribution is 5.75. The summed E-state index contributed by atoms with van der Waals surface area (Å²) in [6, 6.07) is -0.143. The molecule has 18 heavy (non-hydrogen) atoms. The topological polar surface area (TPSA) is 41.6 Å². The molecule has 0 aliphatic carbocycles. The van der Waals surface area contributed by atoms with Crippen LogP contribution >= 0.6 is 0 Å². The van der Waals surface area contributed by atoms with Gasteiger partial charge in [0.25, 0.3) is 0 Å². The van der Waals surface area contributed by atoms with E-state index >= 15 is 0 Å². The predicted molar refractivity (Wildman–Crippen MR) is 75.7 cm³/mol. The number of rotatable bonds is 11. The van der Waals surface area contributed by atoms with E-state index < -0.39 is 0 Å². The van der Waals surface area contributed by atoms with E-state index in [4.69, 9.17) is 4.74 Å². The van der Waals surface area contributed by atoms with Gasteiger partial charge in [-0.05, 0) is 25.9 Å². The van der Waals surface area contributed by atoms with Crippen molar-refractivity contribution in [3.63, 3.8) is 0 Å². The minimum Gasteiger partial charge on any atom is -0.468 e. The first-order valence-corrected chi connectivity index (χ1v) is 7.23. The van der Waals surface area contributed by atoms with Gasteiger partial charge in [0.05, 0.1) is 7.11 Å². The van der Waals surface area contributed by atoms with Gasteiger partial charge in [-0.15, -0.1) is 0 Å². The largest absolute Gasteiger partial charge is 0.468 e. The molecule has 0 amide bonds. The highest BCUT2D eigenvalue weighted by Gasteiger charge is 2.17. The number of nitrogens with one attached hydrogen (secondary N) is 1. The molecule has 4 heteroatoms. The molecule has 0 rings (SSSR count). The summed E-state index contributed by atoms with van der Waals surface area (Å²) in [5.41, 5.74) is 0. The number of ether oxygens (including phenoxy) is 1. The number of hydrogen-bond donors (Lipinski definition) is 1. The second kappa shape index (κ2) is 11.5. The Morgan fingerprint density at radius 2 is 1.94 bits per heavy atom. The molecule has 4 nitrogen and oxygen atoms in total. The molecule has 0 aromatic heterocycles. The van der Waals surface area contributed by atoms with Gasteiger partial charge in [-0.2, -0.15) is 0 Å². The van der Waals surface area contributed by atoms with Crippen molar-refractivity contribution in [3.8, 4) is 0 Å². The third kappa shape index (κ3) is 7.67. The van der Waals surface area contributed by atoms with Crippen LogP contribution < -0.4 is 5.32 Å². The van der Waals surface area contributed by atoms with Crippen LogP contribution in [0.15, 0.2) is 0 Å². The van der Waals surface area contributed by atoms with E-state index in [2.05, 4.69) is 31.0 Å². The molecular formula is C14H30N2O2. The van der Waals surface area contributed by atoms with Crippen LogP contribution in [0.1, 0.15) is 46.5 Å². The summed E-state index contributed by atoms with van der Waals surface area (Å²) in [6.45, 7) is 10.5. The van der Waals surface area contributed by atoms with Gasteiger partial charge in [0.2, 0.25) is 0 Å². The van der Waals surface area contributed by atoms with Crippen LogP contribution in [0.3, 0.4) is 0 Å². The molecule has 1 unspecified atom stereocenters. The second-order valence-corrected chi connectivity index (χ2v) is 4.61. The van der Waals surface area contributed by atoms with Crippen LogP contribution in [0.2, 0.25) is 0 Å². The van der Waals surface area contributed by atoms with E-state index in [1.165, 1.54) is 13.5 Å². The Bertz CT molecular complexity index is 210. The van der Waals surface area contributed by atoms with Gasteiger partial charge in [-0.1, -0.05) is 33.6 Å². The summed E-state index contributed by atoms with van der Waals surface area (Å²) >= 11 is 0. The molecule has 0 aliphatic heterocycles. The lowest BCUT2D eigenvalue weighted by Crippen LogP contribution is -2.42. The summed E-state index contributed by atoms with van der Waals surface area (Å²) in [7, 11) is 1.46. The molecule has 0 spiro atoms. The molecule has 0 saturated carbocycles. The van der Waals surface area contributed by atoms with E-state index in [9.17, 15) is 4.79 Å². The molecule has 0 aromatic carbocycles. The van der Waals surface area contributed by atoms with Crippen molar-refractivity contribution >= 4 is 5.97 Å². The van der Waals surface area contributed by atoms with Crippen LogP contribution in [0, 0.1) is 0 Å². The first-order chi connectivity index (χ1) is 8.69. The van der Waals surface area contributed by atoms with Gasteiger partial charge in [0.15, 0.2) is 0 Å². The zero-order valence-corrected chi connectivity index (χ0v) is 12.5. The molecule has 0 fully saturated rings. The summed E-state index contributed by atoms with van der Waals surface area (Å²) < 4.78 is 4.83. The van der Waals surface area contributed by atoms with Crippen molar-refractivity contribution in [3.05, 3.63) is 0 Å². The molecule has 0 radical (unpaired) electrons. The molecule has 0 aromatic rings. The molecule has 0 saturated heterocycles. The number of esters is 1. The lowest BCUT2D eigenvalue weighted by molar-refractivity contribution is -0.143. The first kappa shape index (κ1) is 17.4. The standard InChI is InChI=1S/C14H30N2O2/c1-5-8-9-13(14(17)18-4)15-10-12-16(7-3)11-6-2/h13,15H,5-12H2,1-4H3. The van der Waals surface area contributed by atoms with Gasteiger partial charge >= 0.3 is 5.97 Å². The first-order valence-electron chi connectivity index (χ1n) is 7.23. The summed E-state index contributed by atoms with van der Waals surface area (Å²) in [4.78, 5) is 14.0. The number of hydrogen-bond acceptors (Lipinski definition) is 4. The molecule has 0 heterocycles. The van der Waals surface area contributed by atoms with Crippen LogP contribution in [0.4, 0.5) is 0 Å². The van der Waals surface area contributed by atoms with E-state index in [-0.39, 0.29) is 12.0 Å². The molecule has 108 valence electrons. The zero-order chi connectivity index (χ0) is 13.8. The normalized spacial score (nSPS) is 12.7. The molecular weight excluding hydrogens is 228 g/mol. The fourth-order valence-corrected chi connectivity index (χ4v) is 1.99. The van der Waals surface area contributed by atoms with Gasteiger partial charge in [0.1, 0.15) is 6.04 Å². The quantitative estimate of drug-likeness (QED) is 0.576. The Labute approximate surface area is 112 Å². The van der Waals surface area contributed by atoms with E-state index in [1.54, 1.807) is 0 Å². The maximum atomic E-state index is 11.6. The number of methoxy groups -OCH3 is 1. The van der Waals surface area contributed by atoms with Crippen LogP contribution in [-0.2, 0) is 9.53 Å². The molecule has 0 aliphatic rings. The smallest absolute Gasteiger partial charge is 0.322 e. The number of likely N-dealkylation sites (N-methyl/N-ethyl adjacent to an activating group) is 1. The van der Waals surface area contributed by atoms with E-state index in [0.717, 1.165) is 45.4 Å². The Hall–Kier alpha value is -0.610.